The van der Waals surface area contributed by atoms with E-state index >= 15 is 0 Å². The zero-order chi connectivity index (χ0) is 14.4. The van der Waals surface area contributed by atoms with E-state index in [9.17, 15) is 0 Å². The van der Waals surface area contributed by atoms with Crippen molar-refractivity contribution in [2.45, 2.75) is 33.9 Å². The van der Waals surface area contributed by atoms with Gasteiger partial charge in [0, 0.05) is 18.2 Å². The van der Waals surface area contributed by atoms with Gasteiger partial charge in [0.25, 0.3) is 0 Å². The molecule has 0 unspecified atom stereocenters. The smallest absolute Gasteiger partial charge is 0.174 e. The number of nitrogens with one attached hydrogen (secondary N) is 1. The van der Waals surface area contributed by atoms with Gasteiger partial charge in [0.15, 0.2) is 5.76 Å². The second kappa shape index (κ2) is 7.10. The molecule has 0 bridgehead atoms. The van der Waals surface area contributed by atoms with Gasteiger partial charge in [-0.2, -0.15) is 0 Å². The lowest BCUT2D eigenvalue weighted by molar-refractivity contribution is 0.245. The van der Waals surface area contributed by atoms with Gasteiger partial charge in [-0.05, 0) is 24.9 Å². The number of nitrogens with zero attached hydrogens (tertiary/aromatic N) is 1. The molecule has 4 nitrogen and oxygen atoms in total. The molecule has 1 aromatic carbocycles. The summed E-state index contributed by atoms with van der Waals surface area (Å²) in [6.07, 6.45) is 1.63. The maximum atomic E-state index is 5.90. The highest BCUT2D eigenvalue weighted by Crippen LogP contribution is 2.24. The molecule has 1 aromatic heterocycles. The molecule has 0 fully saturated rings. The van der Waals surface area contributed by atoms with Crippen LogP contribution in [0.3, 0.4) is 0 Å². The van der Waals surface area contributed by atoms with Gasteiger partial charge in [-0.15, -0.1) is 0 Å². The second-order valence-electron chi connectivity index (χ2n) is 5.36. The first-order chi connectivity index (χ1) is 9.66. The molecule has 0 aliphatic carbocycles. The molecule has 0 atom stereocenters. The molecule has 0 radical (unpaired) electrons. The monoisotopic (exact) mass is 274 g/mol. The van der Waals surface area contributed by atoms with Crippen LogP contribution in [0.1, 0.15) is 30.7 Å². The van der Waals surface area contributed by atoms with Crippen LogP contribution >= 0.6 is 0 Å². The van der Waals surface area contributed by atoms with Gasteiger partial charge in [0.1, 0.15) is 12.4 Å². The Morgan fingerprint density at radius 2 is 2.15 bits per heavy atom. The van der Waals surface area contributed by atoms with Crippen LogP contribution in [-0.4, -0.2) is 11.7 Å². The van der Waals surface area contributed by atoms with Gasteiger partial charge < -0.3 is 14.6 Å². The zero-order valence-electron chi connectivity index (χ0n) is 12.3. The third-order valence-corrected chi connectivity index (χ3v) is 3.01. The lowest BCUT2D eigenvalue weighted by Crippen LogP contribution is -2.19. The Morgan fingerprint density at radius 1 is 1.30 bits per heavy atom. The van der Waals surface area contributed by atoms with Crippen LogP contribution in [0.4, 0.5) is 0 Å². The number of aromatic nitrogens is 1. The molecule has 1 heterocycles. The molecule has 0 amide bonds. The highest BCUT2D eigenvalue weighted by Gasteiger charge is 2.08. The van der Waals surface area contributed by atoms with Crippen LogP contribution < -0.4 is 10.1 Å². The fourth-order valence-electron chi connectivity index (χ4n) is 2.01. The Hall–Kier alpha value is -1.81. The average molecular weight is 274 g/mol. The second-order valence-corrected chi connectivity index (χ2v) is 5.36. The molecule has 2 aromatic rings. The van der Waals surface area contributed by atoms with E-state index in [1.165, 1.54) is 5.56 Å². The van der Waals surface area contributed by atoms with Crippen molar-refractivity contribution in [3.63, 3.8) is 0 Å². The van der Waals surface area contributed by atoms with Gasteiger partial charge in [-0.3, -0.25) is 0 Å². The van der Waals surface area contributed by atoms with Crippen LogP contribution in [0.5, 0.6) is 5.75 Å². The molecule has 0 saturated carbocycles. The molecule has 1 N–H and O–H groups in total. The number of hydrogen-bond acceptors (Lipinski definition) is 4. The van der Waals surface area contributed by atoms with Gasteiger partial charge >= 0.3 is 0 Å². The SMILES string of the molecule is Cc1cccc(CNCC(C)C)c1OCc1ccno1. The van der Waals surface area contributed by atoms with Crippen molar-refractivity contribution in [1.82, 2.24) is 10.5 Å². The molecule has 0 aliphatic heterocycles. The summed E-state index contributed by atoms with van der Waals surface area (Å²) in [6, 6.07) is 8.02. The lowest BCUT2D eigenvalue weighted by Gasteiger charge is -2.14. The molecule has 20 heavy (non-hydrogen) atoms. The summed E-state index contributed by atoms with van der Waals surface area (Å²) >= 11 is 0. The number of hydrogen-bond donors (Lipinski definition) is 1. The van der Waals surface area contributed by atoms with E-state index in [2.05, 4.69) is 49.4 Å². The van der Waals surface area contributed by atoms with E-state index in [0.717, 1.165) is 30.2 Å². The predicted octanol–water partition coefficient (Wildman–Crippen LogP) is 3.31. The Morgan fingerprint density at radius 3 is 2.85 bits per heavy atom. The third-order valence-electron chi connectivity index (χ3n) is 3.01. The summed E-state index contributed by atoms with van der Waals surface area (Å²) in [4.78, 5) is 0. The number of para-hydroxylation sites is 1. The first-order valence-corrected chi connectivity index (χ1v) is 6.98. The Bertz CT molecular complexity index is 521. The van der Waals surface area contributed by atoms with Gasteiger partial charge in [0.2, 0.25) is 0 Å². The minimum atomic E-state index is 0.405. The summed E-state index contributed by atoms with van der Waals surface area (Å²) < 4.78 is 11.0. The molecular formula is C16H22N2O2. The van der Waals surface area contributed by atoms with Crippen molar-refractivity contribution in [3.05, 3.63) is 47.3 Å². The van der Waals surface area contributed by atoms with E-state index in [-0.39, 0.29) is 0 Å². The molecule has 108 valence electrons. The van der Waals surface area contributed by atoms with Gasteiger partial charge in [0.05, 0.1) is 6.20 Å². The third kappa shape index (κ3) is 4.10. The lowest BCUT2D eigenvalue weighted by atomic mass is 10.1. The Kier molecular flexibility index (Phi) is 5.18. The van der Waals surface area contributed by atoms with Gasteiger partial charge in [-0.25, -0.2) is 0 Å². The number of aryl methyl sites for hydroxylation is 1. The molecule has 0 aliphatic rings. The highest BCUT2D eigenvalue weighted by atomic mass is 16.5. The molecule has 0 saturated heterocycles. The van der Waals surface area contributed by atoms with Crippen molar-refractivity contribution in [3.8, 4) is 5.75 Å². The first-order valence-electron chi connectivity index (χ1n) is 6.98. The van der Waals surface area contributed by atoms with Crippen LogP contribution in [0.25, 0.3) is 0 Å². The predicted molar refractivity (Wildman–Crippen MR) is 78.6 cm³/mol. The van der Waals surface area contributed by atoms with Crippen LogP contribution in [0.2, 0.25) is 0 Å². The van der Waals surface area contributed by atoms with Crippen molar-refractivity contribution in [2.75, 3.05) is 6.54 Å². The summed E-state index contributed by atoms with van der Waals surface area (Å²) in [5, 5.41) is 7.13. The summed E-state index contributed by atoms with van der Waals surface area (Å²) in [5.74, 6) is 2.30. The maximum Gasteiger partial charge on any atom is 0.174 e. The van der Waals surface area contributed by atoms with E-state index in [4.69, 9.17) is 9.26 Å². The Labute approximate surface area is 120 Å². The zero-order valence-corrected chi connectivity index (χ0v) is 12.3. The van der Waals surface area contributed by atoms with E-state index in [1.807, 2.05) is 6.07 Å². The number of ether oxygens (including phenoxy) is 1. The van der Waals surface area contributed by atoms with E-state index in [1.54, 1.807) is 6.20 Å². The largest absolute Gasteiger partial charge is 0.485 e. The fraction of sp³-hybridized carbons (Fsp3) is 0.438. The fourth-order valence-corrected chi connectivity index (χ4v) is 2.01. The van der Waals surface area contributed by atoms with Crippen LogP contribution in [-0.2, 0) is 13.2 Å². The topological polar surface area (TPSA) is 47.3 Å². The van der Waals surface area contributed by atoms with Crippen LogP contribution in [0.15, 0.2) is 35.0 Å². The summed E-state index contributed by atoms with van der Waals surface area (Å²) in [7, 11) is 0. The van der Waals surface area contributed by atoms with Crippen molar-refractivity contribution < 1.29 is 9.26 Å². The summed E-state index contributed by atoms with van der Waals surface area (Å²) in [6.45, 7) is 8.67. The minimum absolute atomic E-state index is 0.405. The number of rotatable bonds is 7. The van der Waals surface area contributed by atoms with Crippen LogP contribution in [0, 0.1) is 12.8 Å². The molecule has 0 spiro atoms. The van der Waals surface area contributed by atoms with E-state index < -0.39 is 0 Å². The average Bonchev–Trinajstić information content (AvgIpc) is 2.90. The Balaban J connectivity index is 2.01. The van der Waals surface area contributed by atoms with Crippen molar-refractivity contribution in [2.24, 2.45) is 5.92 Å². The normalized spacial score (nSPS) is 11.0. The van der Waals surface area contributed by atoms with Gasteiger partial charge in [-0.1, -0.05) is 37.2 Å². The van der Waals surface area contributed by atoms with Crippen molar-refractivity contribution in [1.29, 1.82) is 0 Å². The quantitative estimate of drug-likeness (QED) is 0.841. The van der Waals surface area contributed by atoms with Crippen molar-refractivity contribution >= 4 is 0 Å². The molecule has 4 heteroatoms. The number of benzene rings is 1. The van der Waals surface area contributed by atoms with E-state index in [0.29, 0.717) is 12.5 Å². The standard InChI is InChI=1S/C16H22N2O2/c1-12(2)9-17-10-14-6-4-5-13(3)16(14)19-11-15-7-8-18-20-15/h4-8,12,17H,9-11H2,1-3H3. The molecule has 2 rings (SSSR count). The maximum absolute atomic E-state index is 5.90. The minimum Gasteiger partial charge on any atom is -0.485 e. The highest BCUT2D eigenvalue weighted by molar-refractivity contribution is 5.40. The summed E-state index contributed by atoms with van der Waals surface area (Å²) in [5.41, 5.74) is 2.30. The first kappa shape index (κ1) is 14.6. The molecular weight excluding hydrogens is 252 g/mol.